The number of nitrogens with zero attached hydrogens (tertiary/aromatic N) is 2. The molecule has 0 bridgehead atoms. The molecule has 0 atom stereocenters. The van der Waals surface area contributed by atoms with Crippen LogP contribution in [0, 0.1) is 0 Å². The van der Waals surface area contributed by atoms with Gasteiger partial charge in [0.25, 0.3) is 0 Å². The third kappa shape index (κ3) is 4.91. The first-order valence-corrected chi connectivity index (χ1v) is 11.5. The van der Waals surface area contributed by atoms with Gasteiger partial charge in [-0.1, -0.05) is 41.9 Å². The SMILES string of the molecule is CCOC(=O)c1ccc(N2CCC(N(C)c3ccccc3-c3ccc(Cl)cc3)CC2)cc1. The van der Waals surface area contributed by atoms with Crippen molar-refractivity contribution < 1.29 is 9.53 Å². The van der Waals surface area contributed by atoms with E-state index in [4.69, 9.17) is 16.3 Å². The summed E-state index contributed by atoms with van der Waals surface area (Å²) in [6.07, 6.45) is 2.15. The Morgan fingerprint density at radius 2 is 1.66 bits per heavy atom. The molecule has 0 radical (unpaired) electrons. The molecule has 3 aromatic rings. The summed E-state index contributed by atoms with van der Waals surface area (Å²) in [4.78, 5) is 16.7. The molecule has 1 saturated heterocycles. The number of hydrogen-bond donors (Lipinski definition) is 0. The average Bonchev–Trinajstić information content (AvgIpc) is 2.84. The number of para-hydroxylation sites is 1. The first-order valence-electron chi connectivity index (χ1n) is 11.2. The number of rotatable bonds is 6. The summed E-state index contributed by atoms with van der Waals surface area (Å²) in [5, 5.41) is 0.752. The fourth-order valence-corrected chi connectivity index (χ4v) is 4.51. The molecule has 0 aromatic heterocycles. The molecular weight excluding hydrogens is 420 g/mol. The van der Waals surface area contributed by atoms with Crippen molar-refractivity contribution in [2.45, 2.75) is 25.8 Å². The maximum Gasteiger partial charge on any atom is 0.338 e. The number of anilines is 2. The highest BCUT2D eigenvalue weighted by molar-refractivity contribution is 6.30. The highest BCUT2D eigenvalue weighted by atomic mass is 35.5. The Bertz CT molecular complexity index is 1040. The smallest absolute Gasteiger partial charge is 0.338 e. The maximum atomic E-state index is 11.9. The lowest BCUT2D eigenvalue weighted by molar-refractivity contribution is 0.0526. The van der Waals surface area contributed by atoms with Gasteiger partial charge in [-0.3, -0.25) is 0 Å². The van der Waals surface area contributed by atoms with Crippen molar-refractivity contribution in [1.29, 1.82) is 0 Å². The predicted molar refractivity (Wildman–Crippen MR) is 133 cm³/mol. The van der Waals surface area contributed by atoms with Crippen LogP contribution in [-0.4, -0.2) is 38.8 Å². The number of esters is 1. The van der Waals surface area contributed by atoms with E-state index >= 15 is 0 Å². The normalized spacial score (nSPS) is 14.3. The monoisotopic (exact) mass is 448 g/mol. The average molecular weight is 449 g/mol. The summed E-state index contributed by atoms with van der Waals surface area (Å²) < 4.78 is 5.08. The number of carbonyl (C=O) groups excluding carboxylic acids is 1. The number of hydrogen-bond acceptors (Lipinski definition) is 4. The lowest BCUT2D eigenvalue weighted by Gasteiger charge is -2.39. The standard InChI is InChI=1S/C27H29ClN2O2/c1-3-32-27(31)21-10-14-24(15-11-21)30-18-16-23(17-19-30)29(2)26-7-5-4-6-25(26)20-8-12-22(28)13-9-20/h4-15,23H,3,16-19H2,1-2H3. The Hall–Kier alpha value is -2.98. The zero-order valence-electron chi connectivity index (χ0n) is 18.6. The molecule has 5 heteroatoms. The summed E-state index contributed by atoms with van der Waals surface area (Å²) in [5.41, 5.74) is 5.40. The number of halogens is 1. The van der Waals surface area contributed by atoms with Crippen molar-refractivity contribution >= 4 is 28.9 Å². The second kappa shape index (κ2) is 10.1. The Labute approximate surface area is 195 Å². The zero-order chi connectivity index (χ0) is 22.5. The minimum Gasteiger partial charge on any atom is -0.462 e. The van der Waals surface area contributed by atoms with Gasteiger partial charge in [-0.25, -0.2) is 4.79 Å². The minimum atomic E-state index is -0.265. The van der Waals surface area contributed by atoms with E-state index in [2.05, 4.69) is 53.2 Å². The number of ether oxygens (including phenoxy) is 1. The van der Waals surface area contributed by atoms with Crippen molar-refractivity contribution in [3.63, 3.8) is 0 Å². The van der Waals surface area contributed by atoms with Crippen LogP contribution in [0.3, 0.4) is 0 Å². The first kappa shape index (κ1) is 22.2. The molecule has 0 saturated carbocycles. The van der Waals surface area contributed by atoms with Crippen LogP contribution < -0.4 is 9.80 Å². The summed E-state index contributed by atoms with van der Waals surface area (Å²) >= 11 is 6.09. The number of piperidine rings is 1. The topological polar surface area (TPSA) is 32.8 Å². The van der Waals surface area contributed by atoms with Crippen LogP contribution in [0.1, 0.15) is 30.1 Å². The van der Waals surface area contributed by atoms with E-state index in [1.165, 1.54) is 16.8 Å². The van der Waals surface area contributed by atoms with Crippen LogP contribution in [-0.2, 0) is 4.74 Å². The van der Waals surface area contributed by atoms with Crippen LogP contribution >= 0.6 is 11.6 Å². The summed E-state index contributed by atoms with van der Waals surface area (Å²) in [5.74, 6) is -0.265. The van der Waals surface area contributed by atoms with Gasteiger partial charge in [0, 0.05) is 48.1 Å². The van der Waals surface area contributed by atoms with Crippen LogP contribution in [0.4, 0.5) is 11.4 Å². The highest BCUT2D eigenvalue weighted by Crippen LogP contribution is 2.34. The molecule has 3 aromatic carbocycles. The zero-order valence-corrected chi connectivity index (χ0v) is 19.4. The second-order valence-electron chi connectivity index (χ2n) is 8.12. The van der Waals surface area contributed by atoms with E-state index in [9.17, 15) is 4.79 Å². The molecule has 166 valence electrons. The quantitative estimate of drug-likeness (QED) is 0.415. The van der Waals surface area contributed by atoms with Gasteiger partial charge in [0.1, 0.15) is 0 Å². The Morgan fingerprint density at radius 1 is 1.00 bits per heavy atom. The molecule has 0 unspecified atom stereocenters. The number of carbonyl (C=O) groups is 1. The van der Waals surface area contributed by atoms with E-state index in [0.717, 1.165) is 36.6 Å². The van der Waals surface area contributed by atoms with Crippen LogP contribution in [0.25, 0.3) is 11.1 Å². The van der Waals surface area contributed by atoms with Crippen molar-refractivity contribution in [2.75, 3.05) is 36.5 Å². The van der Waals surface area contributed by atoms with Crippen LogP contribution in [0.2, 0.25) is 5.02 Å². The van der Waals surface area contributed by atoms with Gasteiger partial charge in [0.15, 0.2) is 0 Å². The summed E-state index contributed by atoms with van der Waals surface area (Å²) in [6.45, 7) is 4.18. The van der Waals surface area contributed by atoms with E-state index in [1.807, 2.05) is 43.3 Å². The van der Waals surface area contributed by atoms with Crippen molar-refractivity contribution in [3.05, 3.63) is 83.4 Å². The lowest BCUT2D eigenvalue weighted by atomic mass is 9.98. The van der Waals surface area contributed by atoms with E-state index in [-0.39, 0.29) is 5.97 Å². The van der Waals surface area contributed by atoms with Gasteiger partial charge in [0.05, 0.1) is 12.2 Å². The molecule has 0 spiro atoms. The fourth-order valence-electron chi connectivity index (χ4n) is 4.39. The molecule has 0 N–H and O–H groups in total. The second-order valence-corrected chi connectivity index (χ2v) is 8.56. The Kier molecular flexibility index (Phi) is 7.01. The molecule has 0 aliphatic carbocycles. The number of benzene rings is 3. The van der Waals surface area contributed by atoms with Crippen LogP contribution in [0.15, 0.2) is 72.8 Å². The lowest BCUT2D eigenvalue weighted by Crippen LogP contribution is -2.43. The van der Waals surface area contributed by atoms with Gasteiger partial charge >= 0.3 is 5.97 Å². The van der Waals surface area contributed by atoms with Crippen LogP contribution in [0.5, 0.6) is 0 Å². The van der Waals surface area contributed by atoms with Gasteiger partial charge in [-0.05, 0) is 67.8 Å². The van der Waals surface area contributed by atoms with Gasteiger partial charge in [0.2, 0.25) is 0 Å². The minimum absolute atomic E-state index is 0.265. The molecule has 4 rings (SSSR count). The molecule has 32 heavy (non-hydrogen) atoms. The molecule has 1 fully saturated rings. The highest BCUT2D eigenvalue weighted by Gasteiger charge is 2.24. The third-order valence-corrected chi connectivity index (χ3v) is 6.45. The fraction of sp³-hybridized carbons (Fsp3) is 0.296. The van der Waals surface area contributed by atoms with E-state index in [0.29, 0.717) is 18.2 Å². The largest absolute Gasteiger partial charge is 0.462 e. The summed E-state index contributed by atoms with van der Waals surface area (Å²) in [7, 11) is 2.20. The molecule has 1 aliphatic heterocycles. The first-order chi connectivity index (χ1) is 15.6. The van der Waals surface area contributed by atoms with Gasteiger partial charge < -0.3 is 14.5 Å². The summed E-state index contributed by atoms with van der Waals surface area (Å²) in [6, 6.07) is 24.8. The molecule has 1 heterocycles. The molecule has 4 nitrogen and oxygen atoms in total. The molecular formula is C27H29ClN2O2. The predicted octanol–water partition coefficient (Wildman–Crippen LogP) is 6.29. The van der Waals surface area contributed by atoms with Crippen molar-refractivity contribution in [1.82, 2.24) is 0 Å². The van der Waals surface area contributed by atoms with E-state index in [1.54, 1.807) is 0 Å². The van der Waals surface area contributed by atoms with Gasteiger partial charge in [-0.2, -0.15) is 0 Å². The van der Waals surface area contributed by atoms with Crippen molar-refractivity contribution in [3.8, 4) is 11.1 Å². The maximum absolute atomic E-state index is 11.9. The third-order valence-electron chi connectivity index (χ3n) is 6.20. The molecule has 1 aliphatic rings. The van der Waals surface area contributed by atoms with E-state index < -0.39 is 0 Å². The Balaban J connectivity index is 1.43. The Morgan fingerprint density at radius 3 is 2.31 bits per heavy atom. The van der Waals surface area contributed by atoms with Crippen molar-refractivity contribution in [2.24, 2.45) is 0 Å². The van der Waals surface area contributed by atoms with Gasteiger partial charge in [-0.15, -0.1) is 0 Å². The molecule has 0 amide bonds.